The van der Waals surface area contributed by atoms with E-state index in [1.807, 2.05) is 25.1 Å². The molecule has 0 fully saturated rings. The van der Waals surface area contributed by atoms with Crippen molar-refractivity contribution in [1.29, 1.82) is 0 Å². The topological polar surface area (TPSA) is 87.1 Å². The Balaban J connectivity index is 1.84. The summed E-state index contributed by atoms with van der Waals surface area (Å²) in [5.41, 5.74) is 1.18. The Morgan fingerprint density at radius 2 is 2.17 bits per heavy atom. The molecule has 8 heteroatoms. The Morgan fingerprint density at radius 3 is 2.92 bits per heavy atom. The maximum absolute atomic E-state index is 11.6. The third kappa shape index (κ3) is 4.19. The molecule has 0 saturated carbocycles. The largest absolute Gasteiger partial charge is 0.394 e. The van der Waals surface area contributed by atoms with Crippen molar-refractivity contribution in [2.75, 3.05) is 23.0 Å². The van der Waals surface area contributed by atoms with Gasteiger partial charge in [0, 0.05) is 11.8 Å². The number of aromatic nitrogens is 2. The molecule has 1 aromatic carbocycles. The van der Waals surface area contributed by atoms with E-state index < -0.39 is 0 Å². The first-order valence-corrected chi connectivity index (χ1v) is 9.51. The Kier molecular flexibility index (Phi) is 5.60. The van der Waals surface area contributed by atoms with Gasteiger partial charge in [0.2, 0.25) is 5.91 Å². The van der Waals surface area contributed by atoms with Crippen LogP contribution in [0.4, 0.5) is 11.6 Å². The van der Waals surface area contributed by atoms with E-state index in [2.05, 4.69) is 32.7 Å². The van der Waals surface area contributed by atoms with Crippen molar-refractivity contribution in [2.24, 2.45) is 0 Å². The van der Waals surface area contributed by atoms with Crippen molar-refractivity contribution in [1.82, 2.24) is 9.97 Å². The number of rotatable bonds is 6. The van der Waals surface area contributed by atoms with Crippen LogP contribution in [-0.4, -0.2) is 39.4 Å². The summed E-state index contributed by atoms with van der Waals surface area (Å²) >= 11 is 2.92. The van der Waals surface area contributed by atoms with Crippen LogP contribution in [0.5, 0.6) is 0 Å². The lowest BCUT2D eigenvalue weighted by Gasteiger charge is -2.21. The standard InChI is InChI=1S/C16H18N4O2S2/c1-10(7-21)17-14-13-15(18-12(22)9-23-13)20-16(19-14)24-8-11-5-3-2-4-6-11/h2-6,10,21H,7-9H2,1H3,(H2,17,18,19,20,22). The number of hydrogen-bond acceptors (Lipinski definition) is 7. The lowest BCUT2D eigenvalue weighted by molar-refractivity contribution is -0.113. The lowest BCUT2D eigenvalue weighted by atomic mass is 10.2. The van der Waals surface area contributed by atoms with Crippen molar-refractivity contribution in [3.63, 3.8) is 0 Å². The number of anilines is 2. The highest BCUT2D eigenvalue weighted by molar-refractivity contribution is 8.00. The summed E-state index contributed by atoms with van der Waals surface area (Å²) in [6.45, 7) is 1.87. The number of nitrogens with one attached hydrogen (secondary N) is 2. The van der Waals surface area contributed by atoms with Crippen LogP contribution < -0.4 is 10.6 Å². The second-order valence-electron chi connectivity index (χ2n) is 5.37. The monoisotopic (exact) mass is 362 g/mol. The van der Waals surface area contributed by atoms with E-state index in [1.165, 1.54) is 29.1 Å². The van der Waals surface area contributed by atoms with Crippen LogP contribution in [0.1, 0.15) is 12.5 Å². The van der Waals surface area contributed by atoms with Gasteiger partial charge >= 0.3 is 0 Å². The summed E-state index contributed by atoms with van der Waals surface area (Å²) in [5.74, 6) is 2.22. The van der Waals surface area contributed by atoms with Crippen LogP contribution in [0.2, 0.25) is 0 Å². The fraction of sp³-hybridized carbons (Fsp3) is 0.312. The second kappa shape index (κ2) is 7.87. The highest BCUT2D eigenvalue weighted by Gasteiger charge is 2.23. The minimum Gasteiger partial charge on any atom is -0.394 e. The Hall–Kier alpha value is -1.77. The molecule has 1 amide bonds. The second-order valence-corrected chi connectivity index (χ2v) is 7.30. The molecule has 6 nitrogen and oxygen atoms in total. The SMILES string of the molecule is CC(CO)Nc1nc(SCc2ccccc2)nc2c1SCC(=O)N2. The van der Waals surface area contributed by atoms with Gasteiger partial charge in [-0.15, -0.1) is 11.8 Å². The molecule has 0 saturated heterocycles. The molecular formula is C16H18N4O2S2. The van der Waals surface area contributed by atoms with Gasteiger partial charge in [0.1, 0.15) is 5.82 Å². The fourth-order valence-corrected chi connectivity index (χ4v) is 3.74. The van der Waals surface area contributed by atoms with E-state index in [0.29, 0.717) is 22.5 Å². The number of carbonyl (C=O) groups is 1. The van der Waals surface area contributed by atoms with E-state index in [9.17, 15) is 9.90 Å². The number of nitrogens with zero attached hydrogens (tertiary/aromatic N) is 2. The molecule has 24 heavy (non-hydrogen) atoms. The lowest BCUT2D eigenvalue weighted by Crippen LogP contribution is -2.25. The van der Waals surface area contributed by atoms with Crippen LogP contribution in [0.3, 0.4) is 0 Å². The van der Waals surface area contributed by atoms with Crippen LogP contribution in [-0.2, 0) is 10.5 Å². The highest BCUT2D eigenvalue weighted by Crippen LogP contribution is 2.37. The molecule has 1 aliphatic rings. The maximum atomic E-state index is 11.6. The number of thioether (sulfide) groups is 2. The molecule has 0 spiro atoms. The van der Waals surface area contributed by atoms with Gasteiger partial charge in [0.25, 0.3) is 0 Å². The Bertz CT molecular complexity index is 728. The zero-order valence-corrected chi connectivity index (χ0v) is 14.8. The number of aliphatic hydroxyl groups excluding tert-OH is 1. The molecule has 126 valence electrons. The Morgan fingerprint density at radius 1 is 1.38 bits per heavy atom. The fourth-order valence-electron chi connectivity index (χ4n) is 2.12. The molecule has 3 N–H and O–H groups in total. The molecule has 1 atom stereocenters. The van der Waals surface area contributed by atoms with Gasteiger partial charge in [-0.1, -0.05) is 42.1 Å². The molecule has 1 aromatic heterocycles. The van der Waals surface area contributed by atoms with Gasteiger partial charge in [-0.3, -0.25) is 4.79 Å². The van der Waals surface area contributed by atoms with Gasteiger partial charge in [-0.25, -0.2) is 9.97 Å². The van der Waals surface area contributed by atoms with Crippen molar-refractivity contribution in [3.05, 3.63) is 35.9 Å². The molecule has 1 aliphatic heterocycles. The van der Waals surface area contributed by atoms with E-state index in [0.717, 1.165) is 10.6 Å². The third-order valence-electron chi connectivity index (χ3n) is 3.32. The third-order valence-corrected chi connectivity index (χ3v) is 5.32. The smallest absolute Gasteiger partial charge is 0.235 e. The number of fused-ring (bicyclic) bond motifs is 1. The van der Waals surface area contributed by atoms with Crippen molar-refractivity contribution in [3.8, 4) is 0 Å². The zero-order chi connectivity index (χ0) is 16.9. The first kappa shape index (κ1) is 17.1. The predicted octanol–water partition coefficient (Wildman–Crippen LogP) is 2.61. The van der Waals surface area contributed by atoms with Gasteiger partial charge in [-0.05, 0) is 12.5 Å². The highest BCUT2D eigenvalue weighted by atomic mass is 32.2. The van der Waals surface area contributed by atoms with E-state index in [1.54, 1.807) is 0 Å². The number of benzene rings is 1. The summed E-state index contributed by atoms with van der Waals surface area (Å²) in [4.78, 5) is 21.5. The van der Waals surface area contributed by atoms with Gasteiger partial charge in [-0.2, -0.15) is 0 Å². The summed E-state index contributed by atoms with van der Waals surface area (Å²) in [6, 6.07) is 9.95. The van der Waals surface area contributed by atoms with Crippen LogP contribution in [0.25, 0.3) is 0 Å². The maximum Gasteiger partial charge on any atom is 0.235 e. The van der Waals surface area contributed by atoms with Crippen molar-refractivity contribution >= 4 is 41.1 Å². The van der Waals surface area contributed by atoms with Crippen molar-refractivity contribution < 1.29 is 9.90 Å². The van der Waals surface area contributed by atoms with Gasteiger partial charge in [0.15, 0.2) is 11.0 Å². The van der Waals surface area contributed by atoms with Crippen LogP contribution >= 0.6 is 23.5 Å². The summed E-state index contributed by atoms with van der Waals surface area (Å²) in [6.07, 6.45) is 0. The molecule has 1 unspecified atom stereocenters. The van der Waals surface area contributed by atoms with E-state index >= 15 is 0 Å². The molecule has 0 aliphatic carbocycles. The summed E-state index contributed by atoms with van der Waals surface area (Å²) in [7, 11) is 0. The minimum atomic E-state index is -0.130. The number of aliphatic hydroxyl groups is 1. The first-order valence-electron chi connectivity index (χ1n) is 7.54. The molecule has 3 rings (SSSR count). The number of carbonyl (C=O) groups excluding carboxylic acids is 1. The zero-order valence-electron chi connectivity index (χ0n) is 13.2. The van der Waals surface area contributed by atoms with Crippen LogP contribution in [0, 0.1) is 0 Å². The first-order chi connectivity index (χ1) is 11.7. The average molecular weight is 362 g/mol. The van der Waals surface area contributed by atoms with Crippen LogP contribution in [0.15, 0.2) is 40.4 Å². The number of hydrogen-bond donors (Lipinski definition) is 3. The molecule has 0 radical (unpaired) electrons. The number of amides is 1. The molecule has 0 bridgehead atoms. The van der Waals surface area contributed by atoms with Gasteiger partial charge in [0.05, 0.1) is 17.3 Å². The summed E-state index contributed by atoms with van der Waals surface area (Å²) < 4.78 is 0. The van der Waals surface area contributed by atoms with E-state index in [4.69, 9.17) is 0 Å². The van der Waals surface area contributed by atoms with Gasteiger partial charge < -0.3 is 15.7 Å². The van der Waals surface area contributed by atoms with E-state index in [-0.39, 0.29) is 18.6 Å². The molecule has 2 aromatic rings. The minimum absolute atomic E-state index is 0.00228. The quantitative estimate of drug-likeness (QED) is 0.538. The summed E-state index contributed by atoms with van der Waals surface area (Å²) in [5, 5.41) is 15.9. The Labute approximate surface area is 148 Å². The van der Waals surface area contributed by atoms with Crippen molar-refractivity contribution in [2.45, 2.75) is 28.8 Å². The normalized spacial score (nSPS) is 14.7. The molecular weight excluding hydrogens is 344 g/mol. The average Bonchev–Trinajstić information content (AvgIpc) is 2.60. The molecule has 2 heterocycles. The predicted molar refractivity (Wildman–Crippen MR) is 97.6 cm³/mol.